The standard InChI is InChI=1S/C13H17FN2O4/c1-3-16(8-12(17)18)13(19)15-9-5-6-11(20-4-2)10(14)7-9/h5-7H,3-4,8H2,1-2H3,(H,15,19)(H,17,18). The molecule has 0 heterocycles. The van der Waals surface area contributed by atoms with Gasteiger partial charge in [-0.3, -0.25) is 4.79 Å². The Hall–Kier alpha value is -2.31. The van der Waals surface area contributed by atoms with Crippen molar-refractivity contribution in [1.29, 1.82) is 0 Å². The molecule has 0 radical (unpaired) electrons. The van der Waals surface area contributed by atoms with E-state index in [4.69, 9.17) is 9.84 Å². The number of benzene rings is 1. The number of likely N-dealkylation sites (N-methyl/N-ethyl adjacent to an activating group) is 1. The Bertz CT molecular complexity index is 493. The van der Waals surface area contributed by atoms with Gasteiger partial charge in [-0.05, 0) is 26.0 Å². The number of carbonyl (C=O) groups is 2. The number of rotatable bonds is 6. The van der Waals surface area contributed by atoms with Crippen LogP contribution >= 0.6 is 0 Å². The van der Waals surface area contributed by atoms with Gasteiger partial charge in [0.1, 0.15) is 6.54 Å². The van der Waals surface area contributed by atoms with E-state index in [1.54, 1.807) is 13.8 Å². The van der Waals surface area contributed by atoms with Crippen LogP contribution in [0.15, 0.2) is 18.2 Å². The summed E-state index contributed by atoms with van der Waals surface area (Å²) in [6.45, 7) is 3.55. The molecule has 1 rings (SSSR count). The third kappa shape index (κ3) is 4.42. The number of aliphatic carboxylic acids is 1. The molecule has 0 unspecified atom stereocenters. The maximum absolute atomic E-state index is 13.6. The van der Waals surface area contributed by atoms with Crippen molar-refractivity contribution < 1.29 is 23.8 Å². The van der Waals surface area contributed by atoms with Crippen LogP contribution in [-0.4, -0.2) is 41.7 Å². The van der Waals surface area contributed by atoms with E-state index in [9.17, 15) is 14.0 Å². The maximum Gasteiger partial charge on any atom is 0.323 e. The van der Waals surface area contributed by atoms with Crippen molar-refractivity contribution in [2.24, 2.45) is 0 Å². The number of hydrogen-bond donors (Lipinski definition) is 2. The lowest BCUT2D eigenvalue weighted by Gasteiger charge is -2.19. The molecule has 0 aliphatic carbocycles. The molecule has 0 bridgehead atoms. The molecule has 1 aromatic carbocycles. The van der Waals surface area contributed by atoms with E-state index >= 15 is 0 Å². The summed E-state index contributed by atoms with van der Waals surface area (Å²) >= 11 is 0. The SMILES string of the molecule is CCOc1ccc(NC(=O)N(CC)CC(=O)O)cc1F. The minimum Gasteiger partial charge on any atom is -0.491 e. The van der Waals surface area contributed by atoms with Crippen LogP contribution in [0.3, 0.4) is 0 Å². The number of nitrogens with one attached hydrogen (secondary N) is 1. The molecule has 2 N–H and O–H groups in total. The van der Waals surface area contributed by atoms with Crippen molar-refractivity contribution in [3.8, 4) is 5.75 Å². The van der Waals surface area contributed by atoms with Crippen molar-refractivity contribution >= 4 is 17.7 Å². The Kier molecular flexibility index (Phi) is 5.76. The van der Waals surface area contributed by atoms with Crippen molar-refractivity contribution in [3.05, 3.63) is 24.0 Å². The Morgan fingerprint density at radius 1 is 1.40 bits per heavy atom. The molecule has 0 spiro atoms. The highest BCUT2D eigenvalue weighted by Gasteiger charge is 2.15. The number of urea groups is 1. The normalized spacial score (nSPS) is 9.95. The minimum atomic E-state index is -1.11. The van der Waals surface area contributed by atoms with Gasteiger partial charge < -0.3 is 20.1 Å². The van der Waals surface area contributed by atoms with Crippen LogP contribution in [0.1, 0.15) is 13.8 Å². The van der Waals surface area contributed by atoms with Crippen LogP contribution in [0, 0.1) is 5.82 Å². The number of carboxylic acids is 1. The van der Waals surface area contributed by atoms with E-state index < -0.39 is 24.4 Å². The number of halogens is 1. The molecule has 0 saturated carbocycles. The summed E-state index contributed by atoms with van der Waals surface area (Å²) < 4.78 is 18.6. The molecule has 7 heteroatoms. The van der Waals surface area contributed by atoms with Crippen molar-refractivity contribution in [1.82, 2.24) is 4.90 Å². The fourth-order valence-electron chi connectivity index (χ4n) is 1.54. The quantitative estimate of drug-likeness (QED) is 0.839. The first kappa shape index (κ1) is 15.7. The fourth-order valence-corrected chi connectivity index (χ4v) is 1.54. The topological polar surface area (TPSA) is 78.9 Å². The third-order valence-electron chi connectivity index (χ3n) is 2.48. The van der Waals surface area contributed by atoms with E-state index in [1.807, 2.05) is 0 Å². The second-order valence-electron chi connectivity index (χ2n) is 3.92. The molecule has 0 aliphatic rings. The van der Waals surface area contributed by atoms with Crippen LogP contribution in [0.2, 0.25) is 0 Å². The van der Waals surface area contributed by atoms with Gasteiger partial charge in [0.25, 0.3) is 0 Å². The first-order valence-corrected chi connectivity index (χ1v) is 6.18. The first-order valence-electron chi connectivity index (χ1n) is 6.18. The van der Waals surface area contributed by atoms with Gasteiger partial charge in [-0.2, -0.15) is 0 Å². The number of hydrogen-bond acceptors (Lipinski definition) is 3. The van der Waals surface area contributed by atoms with Gasteiger partial charge >= 0.3 is 12.0 Å². The highest BCUT2D eigenvalue weighted by Crippen LogP contribution is 2.21. The summed E-state index contributed by atoms with van der Waals surface area (Å²) in [6, 6.07) is 3.42. The first-order chi connectivity index (χ1) is 9.47. The molecule has 0 saturated heterocycles. The Morgan fingerprint density at radius 3 is 2.60 bits per heavy atom. The fraction of sp³-hybridized carbons (Fsp3) is 0.385. The van der Waals surface area contributed by atoms with E-state index in [0.29, 0.717) is 6.61 Å². The highest BCUT2D eigenvalue weighted by molar-refractivity contribution is 5.91. The van der Waals surface area contributed by atoms with Gasteiger partial charge in [-0.25, -0.2) is 9.18 Å². The van der Waals surface area contributed by atoms with Crippen LogP contribution in [0.4, 0.5) is 14.9 Å². The molecular formula is C13H17FN2O4. The Morgan fingerprint density at radius 2 is 2.10 bits per heavy atom. The van der Waals surface area contributed by atoms with Gasteiger partial charge in [-0.1, -0.05) is 0 Å². The predicted octanol–water partition coefficient (Wildman–Crippen LogP) is 2.16. The van der Waals surface area contributed by atoms with Crippen molar-refractivity contribution in [3.63, 3.8) is 0 Å². The molecule has 1 aromatic rings. The zero-order valence-electron chi connectivity index (χ0n) is 11.4. The van der Waals surface area contributed by atoms with Gasteiger partial charge in [0, 0.05) is 18.3 Å². The average molecular weight is 284 g/mol. The summed E-state index contributed by atoms with van der Waals surface area (Å²) in [5.41, 5.74) is 0.236. The molecule has 0 aromatic heterocycles. The number of carboxylic acid groups (broad SMARTS) is 1. The summed E-state index contributed by atoms with van der Waals surface area (Å²) in [5.74, 6) is -1.60. The van der Waals surface area contributed by atoms with E-state index in [2.05, 4.69) is 5.32 Å². The summed E-state index contributed by atoms with van der Waals surface area (Å²) in [6.07, 6.45) is 0. The largest absolute Gasteiger partial charge is 0.491 e. The number of ether oxygens (including phenoxy) is 1. The van der Waals surface area contributed by atoms with Crippen LogP contribution in [-0.2, 0) is 4.79 Å². The number of amides is 2. The summed E-state index contributed by atoms with van der Waals surface area (Å²) in [7, 11) is 0. The molecule has 110 valence electrons. The minimum absolute atomic E-state index is 0.100. The Labute approximate surface area is 116 Å². The van der Waals surface area contributed by atoms with Crippen molar-refractivity contribution in [2.75, 3.05) is 25.0 Å². The maximum atomic E-state index is 13.6. The lowest BCUT2D eigenvalue weighted by molar-refractivity contribution is -0.137. The second-order valence-corrected chi connectivity index (χ2v) is 3.92. The van der Waals surface area contributed by atoms with E-state index in [-0.39, 0.29) is 18.0 Å². The van der Waals surface area contributed by atoms with E-state index in [0.717, 1.165) is 11.0 Å². The third-order valence-corrected chi connectivity index (χ3v) is 2.48. The molecular weight excluding hydrogens is 267 g/mol. The predicted molar refractivity (Wildman–Crippen MR) is 71.5 cm³/mol. The Balaban J connectivity index is 2.74. The number of anilines is 1. The molecule has 0 atom stereocenters. The molecule has 0 aliphatic heterocycles. The smallest absolute Gasteiger partial charge is 0.323 e. The average Bonchev–Trinajstić information content (AvgIpc) is 2.39. The second kappa shape index (κ2) is 7.32. The molecule has 0 fully saturated rings. The number of nitrogens with zero attached hydrogens (tertiary/aromatic N) is 1. The van der Waals surface area contributed by atoms with Crippen LogP contribution in [0.5, 0.6) is 5.75 Å². The van der Waals surface area contributed by atoms with Crippen LogP contribution in [0.25, 0.3) is 0 Å². The summed E-state index contributed by atoms with van der Waals surface area (Å²) in [5, 5.41) is 11.1. The zero-order chi connectivity index (χ0) is 15.1. The zero-order valence-corrected chi connectivity index (χ0v) is 11.4. The lowest BCUT2D eigenvalue weighted by Crippen LogP contribution is -2.38. The lowest BCUT2D eigenvalue weighted by atomic mass is 10.3. The summed E-state index contributed by atoms with van der Waals surface area (Å²) in [4.78, 5) is 23.5. The molecule has 20 heavy (non-hydrogen) atoms. The van der Waals surface area contributed by atoms with E-state index in [1.165, 1.54) is 12.1 Å². The van der Waals surface area contributed by atoms with Crippen LogP contribution < -0.4 is 10.1 Å². The number of carbonyl (C=O) groups excluding carboxylic acids is 1. The van der Waals surface area contributed by atoms with Crippen molar-refractivity contribution in [2.45, 2.75) is 13.8 Å². The van der Waals surface area contributed by atoms with Gasteiger partial charge in [0.2, 0.25) is 0 Å². The molecule has 6 nitrogen and oxygen atoms in total. The molecule has 2 amide bonds. The highest BCUT2D eigenvalue weighted by atomic mass is 19.1. The van der Waals surface area contributed by atoms with Gasteiger partial charge in [-0.15, -0.1) is 0 Å². The van der Waals surface area contributed by atoms with Gasteiger partial charge in [0.05, 0.1) is 6.61 Å². The monoisotopic (exact) mass is 284 g/mol. The van der Waals surface area contributed by atoms with Gasteiger partial charge in [0.15, 0.2) is 11.6 Å².